The van der Waals surface area contributed by atoms with E-state index in [0.717, 1.165) is 23.3 Å². The summed E-state index contributed by atoms with van der Waals surface area (Å²) < 4.78 is 13.1. The Kier molecular flexibility index (Phi) is 8.84. The van der Waals surface area contributed by atoms with E-state index in [9.17, 15) is 4.39 Å². The molecule has 0 bridgehead atoms. The molecule has 3 nitrogen and oxygen atoms in total. The van der Waals surface area contributed by atoms with Crippen molar-refractivity contribution < 1.29 is 4.39 Å². The first-order valence-electron chi connectivity index (χ1n) is 8.20. The maximum absolute atomic E-state index is 13.1. The van der Waals surface area contributed by atoms with Crippen molar-refractivity contribution in [1.82, 2.24) is 10.6 Å². The molecule has 24 heavy (non-hydrogen) atoms. The highest BCUT2D eigenvalue weighted by Gasteiger charge is 2.25. The Morgan fingerprint density at radius 2 is 1.96 bits per heavy atom. The second-order valence-electron chi connectivity index (χ2n) is 6.83. The maximum Gasteiger partial charge on any atom is 0.191 e. The first kappa shape index (κ1) is 21.5. The number of hydrogen-bond donors (Lipinski definition) is 2. The number of hydrogen-bond acceptors (Lipinski definition) is 2. The highest BCUT2D eigenvalue weighted by molar-refractivity contribution is 14.0. The average molecular weight is 465 g/mol. The first-order chi connectivity index (χ1) is 10.9. The van der Waals surface area contributed by atoms with Gasteiger partial charge in [-0.25, -0.2) is 4.39 Å². The van der Waals surface area contributed by atoms with Gasteiger partial charge in [0, 0.05) is 30.3 Å². The van der Waals surface area contributed by atoms with Gasteiger partial charge in [0.15, 0.2) is 5.96 Å². The van der Waals surface area contributed by atoms with Crippen LogP contribution in [0.5, 0.6) is 0 Å². The largest absolute Gasteiger partial charge is 0.356 e. The first-order valence-corrected chi connectivity index (χ1v) is 9.49. The maximum atomic E-state index is 13.1. The smallest absolute Gasteiger partial charge is 0.191 e. The molecular formula is C18H29FIN3S. The van der Waals surface area contributed by atoms with E-state index in [4.69, 9.17) is 0 Å². The monoisotopic (exact) mass is 465 g/mol. The van der Waals surface area contributed by atoms with E-state index in [0.29, 0.717) is 6.04 Å². The van der Waals surface area contributed by atoms with E-state index >= 15 is 0 Å². The minimum absolute atomic E-state index is 0. The van der Waals surface area contributed by atoms with E-state index in [1.165, 1.54) is 31.4 Å². The van der Waals surface area contributed by atoms with Crippen LogP contribution in [0.2, 0.25) is 0 Å². The van der Waals surface area contributed by atoms with Crippen LogP contribution >= 0.6 is 35.7 Å². The van der Waals surface area contributed by atoms with Crippen molar-refractivity contribution in [2.75, 3.05) is 19.8 Å². The summed E-state index contributed by atoms with van der Waals surface area (Å²) in [6.07, 6.45) is 5.86. The zero-order chi connectivity index (χ0) is 16.9. The quantitative estimate of drug-likeness (QED) is 0.390. The lowest BCUT2D eigenvalue weighted by Gasteiger charge is -2.27. The number of nitrogens with one attached hydrogen (secondary N) is 2. The Morgan fingerprint density at radius 3 is 2.50 bits per heavy atom. The molecule has 0 heterocycles. The van der Waals surface area contributed by atoms with Crippen molar-refractivity contribution in [3.63, 3.8) is 0 Å². The van der Waals surface area contributed by atoms with Crippen LogP contribution in [0.15, 0.2) is 29.3 Å². The molecule has 0 amide bonds. The van der Waals surface area contributed by atoms with Crippen LogP contribution in [0, 0.1) is 5.82 Å². The van der Waals surface area contributed by atoms with E-state index in [1.807, 2.05) is 23.9 Å². The Morgan fingerprint density at radius 1 is 1.29 bits per heavy atom. The molecule has 1 aliphatic rings. The summed E-state index contributed by atoms with van der Waals surface area (Å²) >= 11 is 1.96. The molecule has 2 rings (SSSR count). The normalized spacial score (nSPS) is 21.3. The lowest BCUT2D eigenvalue weighted by molar-refractivity contribution is 0.501. The molecule has 0 aliphatic heterocycles. The molecule has 0 saturated heterocycles. The van der Waals surface area contributed by atoms with Gasteiger partial charge in [-0.15, -0.1) is 24.0 Å². The van der Waals surface area contributed by atoms with Gasteiger partial charge in [-0.1, -0.05) is 26.0 Å². The van der Waals surface area contributed by atoms with E-state index in [-0.39, 0.29) is 35.2 Å². The van der Waals surface area contributed by atoms with Crippen LogP contribution in [0.3, 0.4) is 0 Å². The number of benzene rings is 1. The average Bonchev–Trinajstić information content (AvgIpc) is 2.99. The van der Waals surface area contributed by atoms with E-state index in [1.54, 1.807) is 7.05 Å². The van der Waals surface area contributed by atoms with Gasteiger partial charge in [-0.2, -0.15) is 11.8 Å². The molecule has 2 atom stereocenters. The topological polar surface area (TPSA) is 36.4 Å². The predicted molar refractivity (Wildman–Crippen MR) is 114 cm³/mol. The van der Waals surface area contributed by atoms with Crippen molar-refractivity contribution in [3.8, 4) is 0 Å². The molecule has 1 fully saturated rings. The molecule has 1 aromatic carbocycles. The molecule has 0 aromatic heterocycles. The fraction of sp³-hybridized carbons (Fsp3) is 0.611. The van der Waals surface area contributed by atoms with Crippen LogP contribution in [-0.2, 0) is 5.41 Å². The van der Waals surface area contributed by atoms with Crippen LogP contribution < -0.4 is 10.6 Å². The van der Waals surface area contributed by atoms with Crippen molar-refractivity contribution >= 4 is 41.7 Å². The molecule has 2 unspecified atom stereocenters. The molecule has 6 heteroatoms. The molecule has 0 radical (unpaired) electrons. The van der Waals surface area contributed by atoms with Gasteiger partial charge >= 0.3 is 0 Å². The zero-order valence-electron chi connectivity index (χ0n) is 14.9. The molecular weight excluding hydrogens is 436 g/mol. The van der Waals surface area contributed by atoms with Gasteiger partial charge in [0.05, 0.1) is 0 Å². The van der Waals surface area contributed by atoms with Gasteiger partial charge < -0.3 is 10.6 Å². The Balaban J connectivity index is 0.00000288. The van der Waals surface area contributed by atoms with Crippen molar-refractivity contribution in [1.29, 1.82) is 0 Å². The Bertz CT molecular complexity index is 534. The molecule has 136 valence electrons. The summed E-state index contributed by atoms with van der Waals surface area (Å²) in [4.78, 5) is 4.34. The van der Waals surface area contributed by atoms with Gasteiger partial charge in [0.2, 0.25) is 0 Å². The van der Waals surface area contributed by atoms with Gasteiger partial charge in [-0.3, -0.25) is 4.99 Å². The number of rotatable bonds is 5. The lowest BCUT2D eigenvalue weighted by atomic mass is 9.84. The summed E-state index contributed by atoms with van der Waals surface area (Å²) in [7, 11) is 1.81. The summed E-state index contributed by atoms with van der Waals surface area (Å²) in [6, 6.07) is 7.25. The van der Waals surface area contributed by atoms with Crippen LogP contribution in [-0.4, -0.2) is 37.1 Å². The Labute approximate surface area is 166 Å². The van der Waals surface area contributed by atoms with Gasteiger partial charge in [0.1, 0.15) is 5.82 Å². The molecule has 1 saturated carbocycles. The zero-order valence-corrected chi connectivity index (χ0v) is 18.1. The highest BCUT2D eigenvalue weighted by Crippen LogP contribution is 2.28. The lowest BCUT2D eigenvalue weighted by Crippen LogP contribution is -2.46. The minimum Gasteiger partial charge on any atom is -0.356 e. The number of nitrogens with zero attached hydrogens (tertiary/aromatic N) is 1. The van der Waals surface area contributed by atoms with E-state index < -0.39 is 0 Å². The summed E-state index contributed by atoms with van der Waals surface area (Å²) in [5.74, 6) is 0.659. The third-order valence-corrected chi connectivity index (χ3v) is 5.70. The molecule has 0 spiro atoms. The van der Waals surface area contributed by atoms with Gasteiger partial charge in [-0.05, 0) is 43.2 Å². The van der Waals surface area contributed by atoms with Crippen LogP contribution in [0.4, 0.5) is 4.39 Å². The van der Waals surface area contributed by atoms with Crippen molar-refractivity contribution in [2.24, 2.45) is 4.99 Å². The Hall–Kier alpha value is -0.500. The third kappa shape index (κ3) is 6.10. The highest BCUT2D eigenvalue weighted by atomic mass is 127. The summed E-state index contributed by atoms with van der Waals surface area (Å²) in [5, 5.41) is 7.71. The molecule has 1 aromatic rings. The molecule has 2 N–H and O–H groups in total. The second kappa shape index (κ2) is 9.85. The fourth-order valence-corrected chi connectivity index (χ4v) is 3.78. The predicted octanol–water partition coefficient (Wildman–Crippen LogP) is 4.17. The summed E-state index contributed by atoms with van der Waals surface area (Å²) in [6.45, 7) is 5.05. The van der Waals surface area contributed by atoms with Crippen LogP contribution in [0.1, 0.15) is 38.7 Å². The van der Waals surface area contributed by atoms with Crippen molar-refractivity contribution in [3.05, 3.63) is 35.6 Å². The molecule has 1 aliphatic carbocycles. The number of thioether (sulfide) groups is 1. The van der Waals surface area contributed by atoms with Crippen LogP contribution in [0.25, 0.3) is 0 Å². The number of halogens is 2. The third-order valence-electron chi connectivity index (χ3n) is 4.61. The summed E-state index contributed by atoms with van der Waals surface area (Å²) in [5.41, 5.74) is 1.02. The van der Waals surface area contributed by atoms with Crippen molar-refractivity contribution in [2.45, 2.75) is 49.8 Å². The number of guanidine groups is 1. The van der Waals surface area contributed by atoms with Gasteiger partial charge in [0.25, 0.3) is 0 Å². The number of aliphatic imine (C=N–C) groups is 1. The minimum atomic E-state index is -0.195. The fourth-order valence-electron chi connectivity index (χ4n) is 2.98. The SMILES string of the molecule is CN=C(NCC(C)(C)c1ccc(F)cc1)NC1CCC(SC)C1.I. The standard InChI is InChI=1S/C18H28FN3S.HI/c1-18(2,13-5-7-14(19)8-6-13)12-21-17(20-3)22-15-9-10-16(11-15)23-4;/h5-8,15-16H,9-12H2,1-4H3,(H2,20,21,22);1H. The second-order valence-corrected chi connectivity index (χ2v) is 7.97. The van der Waals surface area contributed by atoms with E-state index in [2.05, 4.69) is 35.7 Å².